The van der Waals surface area contributed by atoms with Crippen molar-refractivity contribution in [3.8, 4) is 39.0 Å². The molecule has 6 nitrogen and oxygen atoms in total. The third-order valence-corrected chi connectivity index (χ3v) is 6.14. The number of carbonyl (C=O) groups is 1. The molecule has 3 aromatic rings. The van der Waals surface area contributed by atoms with Crippen LogP contribution in [0.5, 0.6) is 22.3 Å². The number of ether oxygens (including phenoxy) is 3. The summed E-state index contributed by atoms with van der Waals surface area (Å²) < 4.78 is 17.6. The number of benzene rings is 2. The maximum Gasteiger partial charge on any atom is 0.194 e. The zero-order chi connectivity index (χ0) is 23.2. The number of nitrogens with zero attached hydrogens (tertiary/aromatic N) is 2. The Kier molecular flexibility index (Phi) is 7.26. The van der Waals surface area contributed by atoms with Gasteiger partial charge in [-0.2, -0.15) is 5.26 Å². The van der Waals surface area contributed by atoms with Gasteiger partial charge >= 0.3 is 0 Å². The SMILES string of the molecule is CC(=O)C[C@@H](C)COc1cnc(-c2ccc(Oc3cccc(OCC4CC4)c3)cc2C#N)s1. The van der Waals surface area contributed by atoms with Crippen molar-refractivity contribution in [2.75, 3.05) is 13.2 Å². The first-order chi connectivity index (χ1) is 16.0. The molecule has 33 heavy (non-hydrogen) atoms. The average molecular weight is 463 g/mol. The van der Waals surface area contributed by atoms with Crippen LogP contribution in [-0.2, 0) is 4.79 Å². The van der Waals surface area contributed by atoms with Crippen LogP contribution in [0.4, 0.5) is 0 Å². The van der Waals surface area contributed by atoms with Gasteiger partial charge in [-0.15, -0.1) is 0 Å². The number of rotatable bonds is 11. The van der Waals surface area contributed by atoms with Gasteiger partial charge in [0.2, 0.25) is 0 Å². The molecule has 1 fully saturated rings. The van der Waals surface area contributed by atoms with E-state index in [2.05, 4.69) is 11.1 Å². The smallest absolute Gasteiger partial charge is 0.194 e. The Balaban J connectivity index is 1.42. The lowest BCUT2D eigenvalue weighted by atomic mass is 10.1. The number of carbonyl (C=O) groups excluding carboxylic acids is 1. The van der Waals surface area contributed by atoms with Crippen LogP contribution in [0.25, 0.3) is 10.6 Å². The van der Waals surface area contributed by atoms with Gasteiger partial charge in [-0.1, -0.05) is 24.3 Å². The van der Waals surface area contributed by atoms with Crippen molar-refractivity contribution in [1.82, 2.24) is 4.98 Å². The van der Waals surface area contributed by atoms with Crippen LogP contribution in [0.1, 0.15) is 38.7 Å². The van der Waals surface area contributed by atoms with Crippen molar-refractivity contribution in [2.24, 2.45) is 11.8 Å². The standard InChI is InChI=1S/C26H26N2O4S/c1-17(10-18(2)29)15-31-25-14-28-26(33-25)24-9-8-23(11-20(24)13-27)32-22-5-3-4-21(12-22)30-16-19-6-7-19/h3-5,8-9,11-12,14,17,19H,6-7,10,15-16H2,1-2H3/t17-/m1/s1. The molecule has 7 heteroatoms. The molecular weight excluding hydrogens is 436 g/mol. The van der Waals surface area contributed by atoms with Gasteiger partial charge in [0.15, 0.2) is 5.06 Å². The van der Waals surface area contributed by atoms with Crippen molar-refractivity contribution in [3.63, 3.8) is 0 Å². The van der Waals surface area contributed by atoms with Crippen molar-refractivity contribution in [2.45, 2.75) is 33.1 Å². The maximum atomic E-state index is 11.2. The molecule has 0 bridgehead atoms. The minimum absolute atomic E-state index is 0.136. The van der Waals surface area contributed by atoms with Gasteiger partial charge in [0, 0.05) is 18.1 Å². The number of hydrogen-bond donors (Lipinski definition) is 0. The normalized spacial score (nSPS) is 13.7. The minimum Gasteiger partial charge on any atom is -0.493 e. The molecule has 0 aliphatic heterocycles. The first-order valence-corrected chi connectivity index (χ1v) is 11.8. The predicted molar refractivity (Wildman–Crippen MR) is 127 cm³/mol. The molecule has 0 saturated heterocycles. The summed E-state index contributed by atoms with van der Waals surface area (Å²) in [5, 5.41) is 11.1. The number of Topliss-reactive ketones (excluding diaryl/α,β-unsaturated/α-hetero) is 1. The fourth-order valence-corrected chi connectivity index (χ4v) is 4.17. The Morgan fingerprint density at radius 1 is 1.18 bits per heavy atom. The van der Waals surface area contributed by atoms with Crippen molar-refractivity contribution < 1.29 is 19.0 Å². The topological polar surface area (TPSA) is 81.4 Å². The fraction of sp³-hybridized carbons (Fsp3) is 0.346. The molecule has 1 aromatic heterocycles. The summed E-state index contributed by atoms with van der Waals surface area (Å²) in [6.45, 7) is 4.75. The molecule has 2 aromatic carbocycles. The van der Waals surface area contributed by atoms with Gasteiger partial charge < -0.3 is 19.0 Å². The summed E-state index contributed by atoms with van der Waals surface area (Å²) in [6.07, 6.45) is 4.62. The molecule has 1 saturated carbocycles. The molecule has 0 amide bonds. The van der Waals surface area contributed by atoms with E-state index in [1.807, 2.05) is 43.3 Å². The van der Waals surface area contributed by atoms with E-state index in [4.69, 9.17) is 14.2 Å². The third kappa shape index (κ3) is 6.56. The Morgan fingerprint density at radius 2 is 1.97 bits per heavy atom. The van der Waals surface area contributed by atoms with Crippen LogP contribution in [0.3, 0.4) is 0 Å². The van der Waals surface area contributed by atoms with Crippen LogP contribution in [0.2, 0.25) is 0 Å². The predicted octanol–water partition coefficient (Wildman–Crippen LogP) is 6.26. The Bertz CT molecular complexity index is 1160. The van der Waals surface area contributed by atoms with Crippen molar-refractivity contribution in [3.05, 3.63) is 54.2 Å². The van der Waals surface area contributed by atoms with Gasteiger partial charge in [0.05, 0.1) is 25.0 Å². The van der Waals surface area contributed by atoms with E-state index in [9.17, 15) is 10.1 Å². The number of ketones is 1. The Morgan fingerprint density at radius 3 is 2.73 bits per heavy atom. The second-order valence-corrected chi connectivity index (χ2v) is 9.45. The van der Waals surface area contributed by atoms with Gasteiger partial charge in [-0.3, -0.25) is 0 Å². The fourth-order valence-electron chi connectivity index (χ4n) is 3.35. The molecule has 0 unspecified atom stereocenters. The molecule has 4 rings (SSSR count). The summed E-state index contributed by atoms with van der Waals surface area (Å²) in [6, 6.07) is 15.1. The molecule has 1 atom stereocenters. The quantitative estimate of drug-likeness (QED) is 0.335. The van der Waals surface area contributed by atoms with Crippen LogP contribution >= 0.6 is 11.3 Å². The monoisotopic (exact) mass is 462 g/mol. The van der Waals surface area contributed by atoms with E-state index in [-0.39, 0.29) is 11.7 Å². The molecule has 1 aliphatic carbocycles. The third-order valence-electron chi connectivity index (χ3n) is 5.20. The zero-order valence-electron chi connectivity index (χ0n) is 18.7. The highest BCUT2D eigenvalue weighted by Crippen LogP contribution is 2.35. The summed E-state index contributed by atoms with van der Waals surface area (Å²) in [5.74, 6) is 2.97. The molecule has 1 aliphatic rings. The lowest BCUT2D eigenvalue weighted by Crippen LogP contribution is -2.11. The number of nitriles is 1. The van der Waals surface area contributed by atoms with Gasteiger partial charge in [-0.05, 0) is 61.9 Å². The van der Waals surface area contributed by atoms with E-state index in [0.717, 1.165) is 17.9 Å². The second-order valence-electron chi connectivity index (χ2n) is 8.46. The van der Waals surface area contributed by atoms with Crippen LogP contribution in [0, 0.1) is 23.2 Å². The maximum absolute atomic E-state index is 11.2. The molecular formula is C26H26N2O4S. The summed E-state index contributed by atoms with van der Waals surface area (Å²) >= 11 is 1.37. The van der Waals surface area contributed by atoms with E-state index < -0.39 is 0 Å². The van der Waals surface area contributed by atoms with Crippen LogP contribution < -0.4 is 14.2 Å². The summed E-state index contributed by atoms with van der Waals surface area (Å²) in [5.41, 5.74) is 1.20. The summed E-state index contributed by atoms with van der Waals surface area (Å²) in [4.78, 5) is 15.6. The number of aromatic nitrogens is 1. The van der Waals surface area contributed by atoms with Crippen LogP contribution in [0.15, 0.2) is 48.7 Å². The minimum atomic E-state index is 0.136. The summed E-state index contributed by atoms with van der Waals surface area (Å²) in [7, 11) is 0. The van der Waals surface area contributed by atoms with E-state index in [1.54, 1.807) is 19.2 Å². The molecule has 1 heterocycles. The second kappa shape index (κ2) is 10.5. The molecule has 0 spiro atoms. The van der Waals surface area contributed by atoms with E-state index in [0.29, 0.717) is 46.1 Å². The molecule has 170 valence electrons. The van der Waals surface area contributed by atoms with E-state index in [1.165, 1.54) is 24.2 Å². The Labute approximate surface area is 197 Å². The lowest BCUT2D eigenvalue weighted by molar-refractivity contribution is -0.118. The van der Waals surface area contributed by atoms with Gasteiger partial charge in [0.25, 0.3) is 0 Å². The Hall–Kier alpha value is -3.37. The van der Waals surface area contributed by atoms with Crippen molar-refractivity contribution in [1.29, 1.82) is 5.26 Å². The number of hydrogen-bond acceptors (Lipinski definition) is 7. The van der Waals surface area contributed by atoms with E-state index >= 15 is 0 Å². The van der Waals surface area contributed by atoms with Crippen molar-refractivity contribution >= 4 is 17.1 Å². The first-order valence-electron chi connectivity index (χ1n) is 11.0. The highest BCUT2D eigenvalue weighted by molar-refractivity contribution is 7.16. The highest BCUT2D eigenvalue weighted by atomic mass is 32.1. The lowest BCUT2D eigenvalue weighted by Gasteiger charge is -2.10. The largest absolute Gasteiger partial charge is 0.493 e. The zero-order valence-corrected chi connectivity index (χ0v) is 19.6. The van der Waals surface area contributed by atoms with Gasteiger partial charge in [0.1, 0.15) is 34.1 Å². The molecule has 0 N–H and O–H groups in total. The van der Waals surface area contributed by atoms with Gasteiger partial charge in [-0.25, -0.2) is 4.98 Å². The van der Waals surface area contributed by atoms with Crippen LogP contribution in [-0.4, -0.2) is 24.0 Å². The first kappa shape index (κ1) is 22.8. The highest BCUT2D eigenvalue weighted by Gasteiger charge is 2.22. The number of thiazole rings is 1. The average Bonchev–Trinajstić information content (AvgIpc) is 3.51. The molecule has 0 radical (unpaired) electrons.